The minimum absolute atomic E-state index is 0.0270. The number of benzene rings is 1. The lowest BCUT2D eigenvalue weighted by Crippen LogP contribution is -2.67. The van der Waals surface area contributed by atoms with E-state index in [4.69, 9.17) is 4.74 Å². The highest BCUT2D eigenvalue weighted by Gasteiger charge is 2.72. The molecule has 5 aliphatic carbocycles. The number of allylic oxidation sites excluding steroid dienone is 2. The largest absolute Gasteiger partial charge is 0.469 e. The summed E-state index contributed by atoms with van der Waals surface area (Å²) >= 11 is 2.36. The summed E-state index contributed by atoms with van der Waals surface area (Å²) in [4.78, 5) is 27.6. The van der Waals surface area contributed by atoms with Crippen molar-refractivity contribution in [2.75, 3.05) is 7.11 Å². The average Bonchev–Trinajstić information content (AvgIpc) is 3.33. The number of carbonyl (C=O) groups is 2. The van der Waals surface area contributed by atoms with Gasteiger partial charge in [-0.15, -0.1) is 0 Å². The van der Waals surface area contributed by atoms with E-state index in [1.54, 1.807) is 7.11 Å². The van der Waals surface area contributed by atoms with Gasteiger partial charge < -0.3 is 4.74 Å². The molecule has 0 heterocycles. The first kappa shape index (κ1) is 30.6. The highest BCUT2D eigenvalue weighted by Crippen LogP contribution is 2.77. The van der Waals surface area contributed by atoms with Gasteiger partial charge in [-0.1, -0.05) is 58.9 Å². The topological polar surface area (TPSA) is 43.4 Å². The van der Waals surface area contributed by atoms with Gasteiger partial charge in [-0.25, -0.2) is 0 Å². The van der Waals surface area contributed by atoms with Crippen LogP contribution in [0.25, 0.3) is 6.08 Å². The maximum atomic E-state index is 14.1. The molecule has 0 aliphatic heterocycles. The van der Waals surface area contributed by atoms with Gasteiger partial charge >= 0.3 is 5.97 Å². The van der Waals surface area contributed by atoms with Gasteiger partial charge in [-0.05, 0) is 162 Å². The summed E-state index contributed by atoms with van der Waals surface area (Å²) < 4.78 is 6.75. The van der Waals surface area contributed by atoms with Crippen LogP contribution >= 0.6 is 22.6 Å². The van der Waals surface area contributed by atoms with Crippen molar-refractivity contribution >= 4 is 40.4 Å². The van der Waals surface area contributed by atoms with Crippen LogP contribution in [-0.2, 0) is 14.3 Å². The van der Waals surface area contributed by atoms with Gasteiger partial charge in [0.05, 0.1) is 12.5 Å². The van der Waals surface area contributed by atoms with Crippen molar-refractivity contribution in [3.05, 3.63) is 51.1 Å². The number of methoxy groups -OCH3 is 1. The molecular formula is C38H51IO3. The average molecular weight is 683 g/mol. The Morgan fingerprint density at radius 1 is 0.976 bits per heavy atom. The predicted molar refractivity (Wildman–Crippen MR) is 179 cm³/mol. The highest BCUT2D eigenvalue weighted by atomic mass is 127. The van der Waals surface area contributed by atoms with E-state index < -0.39 is 0 Å². The summed E-state index contributed by atoms with van der Waals surface area (Å²) in [5.41, 5.74) is 3.05. The third-order valence-corrected chi connectivity index (χ3v) is 15.1. The number of halogens is 1. The number of carbonyl (C=O) groups excluding carboxylic acids is 2. The minimum atomic E-state index is -0.372. The van der Waals surface area contributed by atoms with E-state index >= 15 is 0 Å². The van der Waals surface area contributed by atoms with Gasteiger partial charge in [0, 0.05) is 8.99 Å². The van der Waals surface area contributed by atoms with E-state index in [2.05, 4.69) is 101 Å². The van der Waals surface area contributed by atoms with Crippen LogP contribution in [0.4, 0.5) is 0 Å². The molecule has 0 aromatic heterocycles. The van der Waals surface area contributed by atoms with Crippen molar-refractivity contribution < 1.29 is 14.3 Å². The summed E-state index contributed by atoms with van der Waals surface area (Å²) in [5, 5.41) is 0. The zero-order valence-corrected chi connectivity index (χ0v) is 29.1. The molecule has 6 rings (SSSR count). The third kappa shape index (κ3) is 4.01. The summed E-state index contributed by atoms with van der Waals surface area (Å²) in [5.74, 6) is 2.53. The zero-order valence-electron chi connectivity index (χ0n) is 26.9. The quantitative estimate of drug-likeness (QED) is 0.138. The molecule has 228 valence electrons. The van der Waals surface area contributed by atoms with Crippen LogP contribution in [0.5, 0.6) is 0 Å². The van der Waals surface area contributed by atoms with Crippen molar-refractivity contribution in [3.63, 3.8) is 0 Å². The molecule has 42 heavy (non-hydrogen) atoms. The van der Waals surface area contributed by atoms with Crippen LogP contribution in [0.15, 0.2) is 42.0 Å². The molecule has 1 aromatic carbocycles. The number of rotatable bonds is 3. The van der Waals surface area contributed by atoms with Crippen LogP contribution in [0.3, 0.4) is 0 Å². The molecule has 5 fully saturated rings. The Morgan fingerprint density at radius 2 is 1.71 bits per heavy atom. The molecule has 0 N–H and O–H groups in total. The van der Waals surface area contributed by atoms with Crippen LogP contribution in [0.1, 0.15) is 105 Å². The minimum Gasteiger partial charge on any atom is -0.469 e. The SMILES string of the molecule is C=C(C)[C@H]1CC[C@]2(C(=O)OC)CC[C@@]3(C)[C@H](CC[C@H]4[C@@]5(C)CC(=Cc6cccc(I)c6)C(=O)C(C)(C)[C@@H]5CC[C@]43C)[C@H]12. The third-order valence-electron chi connectivity index (χ3n) is 14.4. The number of ether oxygens (including phenoxy) is 1. The molecule has 5 aliphatic rings. The van der Waals surface area contributed by atoms with Crippen molar-refractivity contribution in [1.82, 2.24) is 0 Å². The molecule has 0 spiro atoms. The number of hydrogen-bond donors (Lipinski definition) is 0. The summed E-state index contributed by atoms with van der Waals surface area (Å²) in [7, 11) is 1.59. The smallest absolute Gasteiger partial charge is 0.312 e. The van der Waals surface area contributed by atoms with Crippen molar-refractivity contribution in [1.29, 1.82) is 0 Å². The molecule has 0 radical (unpaired) electrons. The molecule has 1 aromatic rings. The van der Waals surface area contributed by atoms with E-state index in [0.29, 0.717) is 35.4 Å². The normalized spacial score (nSPS) is 44.9. The lowest BCUT2D eigenvalue weighted by atomic mass is 9.32. The van der Waals surface area contributed by atoms with Crippen LogP contribution in [0, 0.1) is 60.2 Å². The fraction of sp³-hybridized carbons (Fsp3) is 0.684. The number of ketones is 1. The number of Topliss-reactive ketones (excluding diaryl/α,β-unsaturated/α-hetero) is 1. The predicted octanol–water partition coefficient (Wildman–Crippen LogP) is 9.68. The number of esters is 1. The Labute approximate surface area is 267 Å². The van der Waals surface area contributed by atoms with E-state index in [-0.39, 0.29) is 33.0 Å². The molecule has 4 heteroatoms. The van der Waals surface area contributed by atoms with Crippen molar-refractivity contribution in [2.24, 2.45) is 56.7 Å². The molecule has 0 unspecified atom stereocenters. The van der Waals surface area contributed by atoms with E-state index in [1.165, 1.54) is 22.0 Å². The monoisotopic (exact) mass is 682 g/mol. The Balaban J connectivity index is 1.42. The maximum Gasteiger partial charge on any atom is 0.312 e. The molecule has 0 amide bonds. The van der Waals surface area contributed by atoms with E-state index in [9.17, 15) is 9.59 Å². The van der Waals surface area contributed by atoms with Gasteiger partial charge in [0.2, 0.25) is 0 Å². The van der Waals surface area contributed by atoms with Crippen LogP contribution < -0.4 is 0 Å². The molecule has 9 atom stereocenters. The van der Waals surface area contributed by atoms with Crippen molar-refractivity contribution in [2.45, 2.75) is 99.3 Å². The molecule has 5 saturated carbocycles. The lowest BCUT2D eigenvalue weighted by molar-refractivity contribution is -0.232. The first-order valence-electron chi connectivity index (χ1n) is 16.4. The standard InChI is InChI=1S/C38H51IO3/c1-23(2)27-14-17-38(33(41)42-8)19-18-36(6)28(31(27)38)12-13-30-35(5)22-25(20-24-10-9-11-26(39)21-24)32(40)34(3,4)29(35)15-16-37(30,36)7/h9-11,20-21,27-31H,1,12-19,22H2,2-8H3/t27-,28-,29+,30+,31+,35+,36+,37-,38+/m1/s1. The summed E-state index contributed by atoms with van der Waals surface area (Å²) in [6.45, 7) is 18.9. The van der Waals surface area contributed by atoms with Gasteiger partial charge in [0.15, 0.2) is 5.78 Å². The zero-order chi connectivity index (χ0) is 30.5. The fourth-order valence-electron chi connectivity index (χ4n) is 12.5. The second-order valence-corrected chi connectivity index (χ2v) is 17.5. The number of hydrogen-bond acceptors (Lipinski definition) is 3. The molecule has 0 bridgehead atoms. The second-order valence-electron chi connectivity index (χ2n) is 16.3. The van der Waals surface area contributed by atoms with Crippen LogP contribution in [0.2, 0.25) is 0 Å². The van der Waals surface area contributed by atoms with Gasteiger partial charge in [0.25, 0.3) is 0 Å². The van der Waals surface area contributed by atoms with E-state index in [0.717, 1.165) is 56.1 Å². The second kappa shape index (κ2) is 10.0. The highest BCUT2D eigenvalue weighted by molar-refractivity contribution is 14.1. The Hall–Kier alpha value is -1.43. The van der Waals surface area contributed by atoms with Crippen molar-refractivity contribution in [3.8, 4) is 0 Å². The molecule has 0 saturated heterocycles. The number of fused-ring (bicyclic) bond motifs is 7. The lowest BCUT2D eigenvalue weighted by Gasteiger charge is -2.72. The Kier molecular flexibility index (Phi) is 7.31. The molecular weight excluding hydrogens is 631 g/mol. The first-order valence-corrected chi connectivity index (χ1v) is 17.5. The van der Waals surface area contributed by atoms with Gasteiger partial charge in [0.1, 0.15) is 0 Å². The van der Waals surface area contributed by atoms with E-state index in [1.807, 2.05) is 0 Å². The summed E-state index contributed by atoms with van der Waals surface area (Å²) in [6, 6.07) is 8.53. The van der Waals surface area contributed by atoms with Gasteiger partial charge in [-0.2, -0.15) is 0 Å². The van der Waals surface area contributed by atoms with Gasteiger partial charge in [-0.3, -0.25) is 9.59 Å². The fourth-order valence-corrected chi connectivity index (χ4v) is 13.0. The maximum absolute atomic E-state index is 14.1. The van der Waals surface area contributed by atoms with Crippen LogP contribution in [-0.4, -0.2) is 18.9 Å². The Morgan fingerprint density at radius 3 is 2.38 bits per heavy atom. The first-order chi connectivity index (χ1) is 19.7. The molecule has 3 nitrogen and oxygen atoms in total. The Bertz CT molecular complexity index is 1360. The summed E-state index contributed by atoms with van der Waals surface area (Å²) in [6.07, 6.45) is 11.7.